The van der Waals surface area contributed by atoms with Gasteiger partial charge >= 0.3 is 5.97 Å². The predicted octanol–water partition coefficient (Wildman–Crippen LogP) is 3.32. The van der Waals surface area contributed by atoms with E-state index in [0.29, 0.717) is 19.3 Å². The van der Waals surface area contributed by atoms with E-state index in [2.05, 4.69) is 0 Å². The van der Waals surface area contributed by atoms with Crippen LogP contribution in [0.3, 0.4) is 0 Å². The maximum atomic E-state index is 13.8. The molecular formula is C40H48O16. The molecule has 3 fully saturated rings. The largest absolute Gasteiger partial charge is 0.507 e. The number of fused-ring (bicyclic) bond motifs is 3. The predicted molar refractivity (Wildman–Crippen MR) is 190 cm³/mol. The summed E-state index contributed by atoms with van der Waals surface area (Å²) in [5.74, 6) is -5.83. The molecule has 12 atom stereocenters. The fourth-order valence-corrected chi connectivity index (χ4v) is 8.75. The van der Waals surface area contributed by atoms with Gasteiger partial charge in [0.25, 0.3) is 0 Å². The van der Waals surface area contributed by atoms with Gasteiger partial charge < -0.3 is 58.7 Å². The number of rotatable bonds is 8. The smallest absolute Gasteiger partial charge is 0.316 e. The number of methoxy groups -OCH3 is 1. The molecule has 0 bridgehead atoms. The molecule has 16 nitrogen and oxygen atoms in total. The van der Waals surface area contributed by atoms with Gasteiger partial charge in [0.05, 0.1) is 59.9 Å². The molecule has 12 unspecified atom stereocenters. The third kappa shape index (κ3) is 7.00. The quantitative estimate of drug-likeness (QED) is 0.163. The second-order valence-corrected chi connectivity index (χ2v) is 15.3. The molecule has 16 heteroatoms. The fourth-order valence-electron chi connectivity index (χ4n) is 8.75. The molecule has 5 N–H and O–H groups in total. The lowest BCUT2D eigenvalue weighted by atomic mass is 9.67. The molecule has 5 aliphatic rings. The summed E-state index contributed by atoms with van der Waals surface area (Å²) in [6.45, 7) is 6.87. The van der Waals surface area contributed by atoms with Crippen LogP contribution in [0, 0.1) is 0 Å². The number of esters is 1. The van der Waals surface area contributed by atoms with Gasteiger partial charge in [-0.3, -0.25) is 19.2 Å². The van der Waals surface area contributed by atoms with Crippen molar-refractivity contribution < 1.29 is 77.9 Å². The molecule has 2 aliphatic carbocycles. The summed E-state index contributed by atoms with van der Waals surface area (Å²) in [7, 11) is 1.14. The van der Waals surface area contributed by atoms with E-state index in [4.69, 9.17) is 33.2 Å². The van der Waals surface area contributed by atoms with Crippen LogP contribution in [-0.2, 0) is 42.7 Å². The van der Waals surface area contributed by atoms with E-state index < -0.39 is 125 Å². The molecule has 7 rings (SSSR count). The van der Waals surface area contributed by atoms with Gasteiger partial charge in [-0.25, -0.2) is 0 Å². The molecule has 2 aromatic rings. The first-order valence-corrected chi connectivity index (χ1v) is 19.0. The Hall–Kier alpha value is -4.00. The van der Waals surface area contributed by atoms with Crippen LogP contribution in [-0.4, -0.2) is 117 Å². The van der Waals surface area contributed by atoms with Gasteiger partial charge in [-0.2, -0.15) is 0 Å². The Bertz CT molecular complexity index is 1900. The number of carbonyl (C=O) groups excluding carboxylic acids is 4. The Morgan fingerprint density at radius 2 is 1.52 bits per heavy atom. The third-order valence-corrected chi connectivity index (χ3v) is 11.8. The van der Waals surface area contributed by atoms with Crippen LogP contribution in [0.15, 0.2) is 18.2 Å². The molecule has 304 valence electrons. The van der Waals surface area contributed by atoms with E-state index in [9.17, 15) is 44.7 Å². The lowest BCUT2D eigenvalue weighted by Crippen LogP contribution is -2.53. The average Bonchev–Trinajstić information content (AvgIpc) is 3.15. The standard InChI is InChI=1S/C40H48O16/c1-6-40(49)15-26(30-19(34(40)39(48)50-5)13-20-31(36(30)46)37(47)33-23(43)8-7-22(42)32(33)35(20)45)55-27-12-10-25(17(3)52-27)54-29-14-24(44)38(18(4)53-29)56-28-11-9-21(41)16(2)51-28/h7-8,13,16-18,24-29,34,38,42-44,46,49H,6,9-12,14-15H2,1-5H3. The Labute approximate surface area is 322 Å². The molecular weight excluding hydrogens is 736 g/mol. The van der Waals surface area contributed by atoms with Crippen LogP contribution in [0.5, 0.6) is 17.2 Å². The number of benzene rings is 2. The van der Waals surface area contributed by atoms with Gasteiger partial charge in [0.1, 0.15) is 35.4 Å². The van der Waals surface area contributed by atoms with Gasteiger partial charge in [-0.15, -0.1) is 0 Å². The fraction of sp³-hybridized carbons (Fsp3) is 0.600. The highest BCUT2D eigenvalue weighted by Gasteiger charge is 2.53. The second-order valence-electron chi connectivity index (χ2n) is 15.3. The van der Waals surface area contributed by atoms with E-state index in [1.54, 1.807) is 27.7 Å². The summed E-state index contributed by atoms with van der Waals surface area (Å²) in [4.78, 5) is 52.8. The first-order chi connectivity index (χ1) is 26.6. The number of phenolic OH excluding ortho intramolecular Hbond substituents is 3. The van der Waals surface area contributed by atoms with Crippen molar-refractivity contribution in [2.45, 2.75) is 146 Å². The van der Waals surface area contributed by atoms with E-state index in [1.165, 1.54) is 6.07 Å². The number of phenols is 3. The van der Waals surface area contributed by atoms with Gasteiger partial charge in [0, 0.05) is 43.2 Å². The minimum Gasteiger partial charge on any atom is -0.507 e. The first-order valence-electron chi connectivity index (χ1n) is 19.0. The maximum Gasteiger partial charge on any atom is 0.316 e. The summed E-state index contributed by atoms with van der Waals surface area (Å²) >= 11 is 0. The number of ether oxygens (including phenoxy) is 7. The molecule has 3 saturated heterocycles. The van der Waals surface area contributed by atoms with E-state index in [-0.39, 0.29) is 48.2 Å². The number of carbonyl (C=O) groups is 4. The Morgan fingerprint density at radius 3 is 2.14 bits per heavy atom. The molecule has 56 heavy (non-hydrogen) atoms. The van der Waals surface area contributed by atoms with E-state index in [1.807, 2.05) is 0 Å². The summed E-state index contributed by atoms with van der Waals surface area (Å²) in [6.07, 6.45) is -5.95. The number of aliphatic hydroxyl groups is 2. The van der Waals surface area contributed by atoms with E-state index in [0.717, 1.165) is 19.2 Å². The van der Waals surface area contributed by atoms with Crippen molar-refractivity contribution in [2.24, 2.45) is 0 Å². The van der Waals surface area contributed by atoms with Crippen LogP contribution in [0.2, 0.25) is 0 Å². The van der Waals surface area contributed by atoms with Crippen LogP contribution < -0.4 is 0 Å². The summed E-state index contributed by atoms with van der Waals surface area (Å²) < 4.78 is 41.8. The zero-order chi connectivity index (χ0) is 40.4. The molecule has 3 heterocycles. The minimum absolute atomic E-state index is 0.00305. The molecule has 0 radical (unpaired) electrons. The molecule has 3 aliphatic heterocycles. The number of aliphatic hydroxyl groups excluding tert-OH is 1. The van der Waals surface area contributed by atoms with Crippen LogP contribution in [0.25, 0.3) is 0 Å². The van der Waals surface area contributed by atoms with Crippen molar-refractivity contribution in [1.29, 1.82) is 0 Å². The zero-order valence-corrected chi connectivity index (χ0v) is 31.8. The normalized spacial score (nSPS) is 35.7. The second kappa shape index (κ2) is 15.4. The van der Waals surface area contributed by atoms with Crippen LogP contribution in [0.1, 0.15) is 128 Å². The number of Topliss-reactive ketones (excluding diaryl/α,β-unsaturated/α-hetero) is 1. The Kier molecular flexibility index (Phi) is 11.1. The van der Waals surface area contributed by atoms with Gasteiger partial charge in [-0.1, -0.05) is 6.92 Å². The monoisotopic (exact) mass is 784 g/mol. The Balaban J connectivity index is 1.09. The summed E-state index contributed by atoms with van der Waals surface area (Å²) in [6, 6.07) is 3.37. The Morgan fingerprint density at radius 1 is 0.857 bits per heavy atom. The van der Waals surface area contributed by atoms with Crippen LogP contribution in [0.4, 0.5) is 0 Å². The van der Waals surface area contributed by atoms with Crippen molar-refractivity contribution >= 4 is 23.3 Å². The summed E-state index contributed by atoms with van der Waals surface area (Å²) in [5, 5.41) is 55.9. The number of aromatic hydroxyl groups is 3. The minimum atomic E-state index is -1.78. The maximum absolute atomic E-state index is 13.8. The first kappa shape index (κ1) is 40.2. The zero-order valence-electron chi connectivity index (χ0n) is 31.8. The third-order valence-electron chi connectivity index (χ3n) is 11.8. The average molecular weight is 785 g/mol. The van der Waals surface area contributed by atoms with Crippen molar-refractivity contribution in [3.8, 4) is 17.2 Å². The lowest BCUT2D eigenvalue weighted by Gasteiger charge is -2.45. The van der Waals surface area contributed by atoms with Gasteiger partial charge in [-0.05, 0) is 57.4 Å². The van der Waals surface area contributed by atoms with Gasteiger partial charge in [0.2, 0.25) is 5.78 Å². The molecule has 0 amide bonds. The van der Waals surface area contributed by atoms with Crippen molar-refractivity contribution in [2.75, 3.05) is 7.11 Å². The van der Waals surface area contributed by atoms with Crippen molar-refractivity contribution in [1.82, 2.24) is 0 Å². The number of ketones is 3. The molecule has 2 aromatic carbocycles. The topological polar surface area (TPSA) is 234 Å². The highest BCUT2D eigenvalue weighted by atomic mass is 16.7. The molecule has 0 spiro atoms. The van der Waals surface area contributed by atoms with Crippen LogP contribution >= 0.6 is 0 Å². The number of hydrogen-bond acceptors (Lipinski definition) is 16. The molecule has 0 saturated carbocycles. The van der Waals surface area contributed by atoms with Crippen molar-refractivity contribution in [3.05, 3.63) is 51.6 Å². The van der Waals surface area contributed by atoms with Gasteiger partial charge in [0.15, 0.2) is 30.4 Å². The highest BCUT2D eigenvalue weighted by Crippen LogP contribution is 2.54. The lowest BCUT2D eigenvalue weighted by molar-refractivity contribution is -0.317. The SMILES string of the molecule is CCC1(O)CC(OC2CCC(OC3CC(O)C(OC4CCC(=O)C(C)O4)C(C)O3)C(C)O2)c2c(cc3c(c2O)C(=O)c2c(O)ccc(O)c2C3=O)C1C(=O)OC. The summed E-state index contributed by atoms with van der Waals surface area (Å²) in [5.41, 5.74) is -3.50. The highest BCUT2D eigenvalue weighted by molar-refractivity contribution is 6.31. The van der Waals surface area contributed by atoms with E-state index >= 15 is 0 Å². The van der Waals surface area contributed by atoms with Crippen molar-refractivity contribution in [3.63, 3.8) is 0 Å². The molecule has 0 aromatic heterocycles. The number of hydrogen-bond donors (Lipinski definition) is 5.